The number of carboxylic acid groups (broad SMARTS) is 3. The zero-order valence-electron chi connectivity index (χ0n) is 50.7. The van der Waals surface area contributed by atoms with Crippen LogP contribution in [0.2, 0.25) is 35.2 Å². The van der Waals surface area contributed by atoms with E-state index in [9.17, 15) is 14.4 Å². The molecule has 0 radical (unpaired) electrons. The number of ether oxygens (including phenoxy) is 4. The van der Waals surface area contributed by atoms with Crippen LogP contribution in [-0.4, -0.2) is 48.7 Å². The maximum Gasteiger partial charge on any atom is 0.335 e. The fourth-order valence-electron chi connectivity index (χ4n) is 9.28. The number of carboxylic acids is 3. The lowest BCUT2D eigenvalue weighted by Crippen LogP contribution is -2.02. The van der Waals surface area contributed by atoms with Crippen LogP contribution in [0.15, 0.2) is 165 Å². The highest BCUT2D eigenvalue weighted by Gasteiger charge is 2.27. The third kappa shape index (κ3) is 18.7. The molecule has 0 bridgehead atoms. The molecule has 0 fully saturated rings. The number of hydrogen-bond donors (Lipinski definition) is 3. The first-order valence-corrected chi connectivity index (χ1v) is 31.4. The summed E-state index contributed by atoms with van der Waals surface area (Å²) in [6.45, 7) is 12.6. The van der Waals surface area contributed by atoms with Crippen LogP contribution < -0.4 is 18.9 Å². The maximum atomic E-state index is 11.0. The summed E-state index contributed by atoms with van der Waals surface area (Å²) >= 11 is 44.5. The van der Waals surface area contributed by atoms with Crippen molar-refractivity contribution in [3.63, 3.8) is 0 Å². The minimum Gasteiger partial charge on any atom is -0.489 e. The van der Waals surface area contributed by atoms with E-state index in [-0.39, 0.29) is 49.6 Å². The molecule has 0 atom stereocenters. The summed E-state index contributed by atoms with van der Waals surface area (Å²) in [5.74, 6) is 2.43. The number of aromatic carboxylic acids is 1. The number of nitrogens with zero attached hydrogens (tertiary/aromatic N) is 3. The van der Waals surface area contributed by atoms with E-state index in [2.05, 4.69) is 15.5 Å². The summed E-state index contributed by atoms with van der Waals surface area (Å²) < 4.78 is 40.5. The quantitative estimate of drug-likeness (QED) is 0.0506. The van der Waals surface area contributed by atoms with Crippen LogP contribution in [0.5, 0.6) is 28.7 Å². The standard InChI is InChI=1S/C26H21Cl2NO5.C22H18Cl3NO4.C22H21Cl2NO4/c1-15(2)25-20(24(29-34-25)23-21(27)4-3-5-22(23)28)14-32-17-10-12-19(13-11-17)33-18-8-6-16(7-9-18)26(30)31;1-12(2)22-15(21(26-30-22)20-16(23)4-3-5-17(20)24)11-29-14-8-6-13(18(25)10-14)7-9-19(27)28;1-13(2)22-16(21(25-29-22)20-17(23)4-3-5-18(20)24)12-28-15-9-6-14(7-10-15)8-11-19(26)27/h3-13,15H,14H2,1-2H3,(H,30,31);3-10,12H,11H2,1-2H3,(H,27,28);3-7,9-10,13H,8,11-12H2,1-2H3,(H,26,27)/b;9-7+;. The number of hydrogen-bond acceptors (Lipinski definition) is 13. The summed E-state index contributed by atoms with van der Waals surface area (Å²) in [7, 11) is 0. The zero-order chi connectivity index (χ0) is 67.0. The second-order valence-electron chi connectivity index (χ2n) is 21.5. The molecule has 7 aromatic carbocycles. The average molecular weight is 1400 g/mol. The highest BCUT2D eigenvalue weighted by molar-refractivity contribution is 6.40. The van der Waals surface area contributed by atoms with Crippen LogP contribution in [-0.2, 0) is 35.8 Å². The summed E-state index contributed by atoms with van der Waals surface area (Å²) in [4.78, 5) is 32.3. The van der Waals surface area contributed by atoms with Gasteiger partial charge in [-0.1, -0.05) is 169 Å². The number of halogens is 7. The lowest BCUT2D eigenvalue weighted by Gasteiger charge is -2.11. The number of benzene rings is 7. The molecule has 482 valence electrons. The monoisotopic (exact) mass is 1400 g/mol. The van der Waals surface area contributed by atoms with Crippen LogP contribution in [0, 0.1) is 0 Å². The molecule has 0 aliphatic carbocycles. The summed E-state index contributed by atoms with van der Waals surface area (Å²) in [5, 5.41) is 42.4. The van der Waals surface area contributed by atoms with E-state index in [0.29, 0.717) is 127 Å². The zero-order valence-corrected chi connectivity index (χ0v) is 56.0. The molecular weight excluding hydrogens is 1340 g/mol. The molecule has 0 saturated heterocycles. The van der Waals surface area contributed by atoms with E-state index in [0.717, 1.165) is 28.3 Å². The van der Waals surface area contributed by atoms with Gasteiger partial charge in [0.05, 0.1) is 57.4 Å². The molecule has 0 aliphatic rings. The van der Waals surface area contributed by atoms with Crippen molar-refractivity contribution in [3.8, 4) is 62.5 Å². The molecule has 0 unspecified atom stereocenters. The van der Waals surface area contributed by atoms with Crippen LogP contribution >= 0.6 is 81.2 Å². The van der Waals surface area contributed by atoms with Crippen molar-refractivity contribution in [1.82, 2.24) is 15.5 Å². The SMILES string of the molecule is CC(C)c1onc(-c2c(Cl)cccc2Cl)c1COc1ccc(/C=C/C(=O)O)c(Cl)c1.CC(C)c1onc(-c2c(Cl)cccc2Cl)c1COc1ccc(CCC(=O)O)cc1.CC(C)c1onc(-c2c(Cl)cccc2Cl)c1COc1ccc(Oc2ccc(C(=O)O)cc2)cc1. The Morgan fingerprint density at radius 2 is 0.796 bits per heavy atom. The Morgan fingerprint density at radius 3 is 1.14 bits per heavy atom. The van der Waals surface area contributed by atoms with Gasteiger partial charge in [0.25, 0.3) is 0 Å². The Balaban J connectivity index is 0.000000180. The molecule has 23 heteroatoms. The van der Waals surface area contributed by atoms with Gasteiger partial charge in [-0.05, 0) is 139 Å². The fourth-order valence-corrected chi connectivity index (χ4v) is 11.2. The molecule has 93 heavy (non-hydrogen) atoms. The summed E-state index contributed by atoms with van der Waals surface area (Å²) in [6.07, 6.45) is 3.02. The van der Waals surface area contributed by atoms with Crippen molar-refractivity contribution in [1.29, 1.82) is 0 Å². The van der Waals surface area contributed by atoms with Crippen LogP contribution in [0.25, 0.3) is 39.8 Å². The van der Waals surface area contributed by atoms with E-state index in [1.807, 2.05) is 65.8 Å². The van der Waals surface area contributed by atoms with E-state index < -0.39 is 17.9 Å². The van der Waals surface area contributed by atoms with Crippen LogP contribution in [0.1, 0.15) is 121 Å². The number of rotatable bonds is 23. The molecule has 3 heterocycles. The maximum absolute atomic E-state index is 11.0. The highest BCUT2D eigenvalue weighted by atomic mass is 35.5. The first-order valence-electron chi connectivity index (χ1n) is 28.8. The van der Waals surface area contributed by atoms with Crippen molar-refractivity contribution >= 4 is 105 Å². The summed E-state index contributed by atoms with van der Waals surface area (Å²) in [6, 6.07) is 41.5. The van der Waals surface area contributed by atoms with E-state index in [1.165, 1.54) is 18.2 Å². The third-order valence-corrected chi connectivity index (χ3v) is 16.1. The van der Waals surface area contributed by atoms with Crippen molar-refractivity contribution in [3.05, 3.63) is 237 Å². The second kappa shape index (κ2) is 32.9. The van der Waals surface area contributed by atoms with E-state index in [1.54, 1.807) is 109 Å². The van der Waals surface area contributed by atoms with Crippen molar-refractivity contribution in [2.24, 2.45) is 0 Å². The second-order valence-corrected chi connectivity index (χ2v) is 24.4. The smallest absolute Gasteiger partial charge is 0.335 e. The highest BCUT2D eigenvalue weighted by Crippen LogP contribution is 2.42. The van der Waals surface area contributed by atoms with Crippen molar-refractivity contribution in [2.75, 3.05) is 0 Å². The number of aliphatic carboxylic acids is 2. The minimum atomic E-state index is -1.05. The Hall–Kier alpha value is -8.45. The molecule has 10 aromatic rings. The topological polar surface area (TPSA) is 227 Å². The Bertz CT molecular complexity index is 4200. The normalized spacial score (nSPS) is 11.1. The molecule has 0 spiro atoms. The number of carbonyl (C=O) groups is 3. The molecule has 16 nitrogen and oxygen atoms in total. The number of aromatic nitrogens is 3. The van der Waals surface area contributed by atoms with Gasteiger partial charge >= 0.3 is 17.9 Å². The molecule has 0 saturated carbocycles. The van der Waals surface area contributed by atoms with E-state index >= 15 is 0 Å². The Labute approximate surface area is 571 Å². The van der Waals surface area contributed by atoms with Gasteiger partial charge in [-0.25, -0.2) is 9.59 Å². The van der Waals surface area contributed by atoms with Crippen molar-refractivity contribution in [2.45, 2.75) is 92.0 Å². The molecule has 3 aromatic heterocycles. The molecular formula is C70H60Cl7N3O13. The van der Waals surface area contributed by atoms with Gasteiger partial charge in [0.15, 0.2) is 0 Å². The van der Waals surface area contributed by atoms with Crippen LogP contribution in [0.3, 0.4) is 0 Å². The molecule has 0 aliphatic heterocycles. The molecule has 3 N–H and O–H groups in total. The van der Waals surface area contributed by atoms with Gasteiger partial charge in [0.1, 0.15) is 82.9 Å². The van der Waals surface area contributed by atoms with Gasteiger partial charge in [-0.15, -0.1) is 0 Å². The first kappa shape index (κ1) is 70.4. The van der Waals surface area contributed by atoms with Crippen LogP contribution in [0.4, 0.5) is 0 Å². The van der Waals surface area contributed by atoms with Gasteiger partial charge < -0.3 is 47.8 Å². The minimum absolute atomic E-state index is 0.0678. The van der Waals surface area contributed by atoms with Gasteiger partial charge in [-0.2, -0.15) is 0 Å². The fraction of sp³-hybridized carbons (Fsp3) is 0.200. The van der Waals surface area contributed by atoms with Gasteiger partial charge in [-0.3, -0.25) is 4.79 Å². The Kier molecular flexibility index (Phi) is 24.9. The van der Waals surface area contributed by atoms with Gasteiger partial charge in [0.2, 0.25) is 0 Å². The molecule has 0 amide bonds. The van der Waals surface area contributed by atoms with Crippen molar-refractivity contribution < 1.29 is 62.2 Å². The average Bonchev–Trinajstić information content (AvgIpc) is 1.70. The number of aryl methyl sites for hydroxylation is 1. The predicted octanol–water partition coefficient (Wildman–Crippen LogP) is 21.3. The largest absolute Gasteiger partial charge is 0.489 e. The first-order chi connectivity index (χ1) is 44.5. The summed E-state index contributed by atoms with van der Waals surface area (Å²) in [5.41, 5.74) is 7.50. The molecule has 10 rings (SSSR count). The lowest BCUT2D eigenvalue weighted by atomic mass is 10.0. The third-order valence-electron chi connectivity index (χ3n) is 13.9. The predicted molar refractivity (Wildman–Crippen MR) is 362 cm³/mol. The van der Waals surface area contributed by atoms with E-state index in [4.69, 9.17) is 129 Å². The lowest BCUT2D eigenvalue weighted by molar-refractivity contribution is -0.137. The van der Waals surface area contributed by atoms with Gasteiger partial charge in [0, 0.05) is 46.9 Å². The Morgan fingerprint density at radius 1 is 0.452 bits per heavy atom.